The Morgan fingerprint density at radius 3 is 2.64 bits per heavy atom. The Morgan fingerprint density at radius 2 is 1.78 bits per heavy atom. The molecule has 0 unspecified atom stereocenters. The zero-order chi connectivity index (χ0) is 30.8. The van der Waals surface area contributed by atoms with Gasteiger partial charge < -0.3 is 19.9 Å². The molecule has 0 saturated heterocycles. The number of ether oxygens (including phenoxy) is 1. The third-order valence-electron chi connectivity index (χ3n) is 8.57. The SMILES string of the molecule is CN(C)CCOc1cc(F)cc(-c2cncc3[nH]c(-c4n[nH]c5cnc(-c6cncc(CNCC7CCCC7)c6)cc45)cc23)c1. The third-order valence-corrected chi connectivity index (χ3v) is 8.57. The number of nitrogens with one attached hydrogen (secondary N) is 3. The van der Waals surface area contributed by atoms with E-state index in [9.17, 15) is 4.39 Å². The second kappa shape index (κ2) is 12.7. The molecular formula is C35H37FN8O. The van der Waals surface area contributed by atoms with Gasteiger partial charge in [0.25, 0.3) is 0 Å². The minimum Gasteiger partial charge on any atom is -0.492 e. The van der Waals surface area contributed by atoms with Crippen LogP contribution in [0.2, 0.25) is 0 Å². The van der Waals surface area contributed by atoms with Gasteiger partial charge in [0.05, 0.1) is 34.8 Å². The quantitative estimate of drug-likeness (QED) is 0.153. The van der Waals surface area contributed by atoms with Crippen LogP contribution in [0, 0.1) is 11.7 Å². The second-order valence-electron chi connectivity index (χ2n) is 12.2. The molecule has 1 saturated carbocycles. The molecule has 6 aromatic rings. The van der Waals surface area contributed by atoms with Crippen molar-refractivity contribution >= 4 is 21.8 Å². The van der Waals surface area contributed by atoms with E-state index in [4.69, 9.17) is 9.72 Å². The molecule has 230 valence electrons. The molecule has 0 atom stereocenters. The maximum Gasteiger partial charge on any atom is 0.127 e. The summed E-state index contributed by atoms with van der Waals surface area (Å²) in [6.07, 6.45) is 14.5. The Kier molecular flexibility index (Phi) is 8.23. The van der Waals surface area contributed by atoms with Gasteiger partial charge in [-0.15, -0.1) is 0 Å². The monoisotopic (exact) mass is 604 g/mol. The number of rotatable bonds is 11. The standard InChI is InChI=1S/C35H37FN8O/c1-44(2)7-8-45-27-11-24(10-26(36)12-27)30-19-39-20-33-28(30)13-32(41-33)35-29-14-31(40-21-34(29)42-43-35)25-9-23(17-38-18-25)16-37-15-22-5-3-4-6-22/h9-14,17-22,37,41H,3-8,15-16H2,1-2H3,(H,42,43). The highest BCUT2D eigenvalue weighted by Crippen LogP contribution is 2.35. The highest BCUT2D eigenvalue weighted by atomic mass is 19.1. The highest BCUT2D eigenvalue weighted by molar-refractivity contribution is 6.01. The molecule has 0 bridgehead atoms. The molecule has 7 rings (SSSR count). The van der Waals surface area contributed by atoms with E-state index in [1.807, 2.05) is 49.7 Å². The number of benzene rings is 1. The van der Waals surface area contributed by atoms with E-state index in [2.05, 4.69) is 42.6 Å². The summed E-state index contributed by atoms with van der Waals surface area (Å²) in [6.45, 7) is 3.04. The molecule has 1 aliphatic carbocycles. The molecule has 9 nitrogen and oxygen atoms in total. The van der Waals surface area contributed by atoms with Crippen molar-refractivity contribution < 1.29 is 9.13 Å². The fourth-order valence-electron chi connectivity index (χ4n) is 6.20. The molecule has 10 heteroatoms. The summed E-state index contributed by atoms with van der Waals surface area (Å²) in [4.78, 5) is 19.2. The lowest BCUT2D eigenvalue weighted by molar-refractivity contribution is 0.260. The van der Waals surface area contributed by atoms with Gasteiger partial charge in [0.15, 0.2) is 0 Å². The van der Waals surface area contributed by atoms with Gasteiger partial charge in [0.1, 0.15) is 23.9 Å². The van der Waals surface area contributed by atoms with Crippen LogP contribution in [0.15, 0.2) is 67.4 Å². The molecule has 1 aromatic carbocycles. The average molecular weight is 605 g/mol. The lowest BCUT2D eigenvalue weighted by atomic mass is 10.0. The number of halogens is 1. The number of fused-ring (bicyclic) bond motifs is 2. The summed E-state index contributed by atoms with van der Waals surface area (Å²) >= 11 is 0. The Bertz CT molecular complexity index is 1940. The van der Waals surface area contributed by atoms with Crippen LogP contribution in [0.3, 0.4) is 0 Å². The summed E-state index contributed by atoms with van der Waals surface area (Å²) in [6, 6.07) is 11.0. The van der Waals surface area contributed by atoms with Gasteiger partial charge in [-0.05, 0) is 80.9 Å². The topological polar surface area (TPSA) is 108 Å². The summed E-state index contributed by atoms with van der Waals surface area (Å²) in [5.41, 5.74) is 7.68. The van der Waals surface area contributed by atoms with Crippen LogP contribution in [0.25, 0.3) is 55.6 Å². The predicted molar refractivity (Wildman–Crippen MR) is 175 cm³/mol. The summed E-state index contributed by atoms with van der Waals surface area (Å²) in [7, 11) is 3.95. The largest absolute Gasteiger partial charge is 0.492 e. The highest BCUT2D eigenvalue weighted by Gasteiger charge is 2.17. The first-order valence-corrected chi connectivity index (χ1v) is 15.5. The van der Waals surface area contributed by atoms with Crippen molar-refractivity contribution in [3.63, 3.8) is 0 Å². The predicted octanol–water partition coefficient (Wildman–Crippen LogP) is 6.59. The molecule has 0 amide bonds. The lowest BCUT2D eigenvalue weighted by Crippen LogP contribution is -2.20. The minimum absolute atomic E-state index is 0.360. The van der Waals surface area contributed by atoms with Gasteiger partial charge in [-0.3, -0.25) is 20.1 Å². The average Bonchev–Trinajstić information content (AvgIpc) is 3.80. The number of aromatic amines is 2. The van der Waals surface area contributed by atoms with Crippen molar-refractivity contribution in [2.45, 2.75) is 32.2 Å². The second-order valence-corrected chi connectivity index (χ2v) is 12.2. The van der Waals surface area contributed by atoms with Crippen molar-refractivity contribution in [2.75, 3.05) is 33.8 Å². The van der Waals surface area contributed by atoms with Gasteiger partial charge in [0, 0.05) is 59.6 Å². The van der Waals surface area contributed by atoms with Crippen molar-refractivity contribution in [3.05, 3.63) is 78.8 Å². The Labute approximate surface area is 261 Å². The first kappa shape index (κ1) is 29.1. The molecule has 0 spiro atoms. The van der Waals surface area contributed by atoms with E-state index in [-0.39, 0.29) is 5.82 Å². The van der Waals surface area contributed by atoms with Crippen molar-refractivity contribution in [1.82, 2.24) is 40.3 Å². The van der Waals surface area contributed by atoms with Gasteiger partial charge in [-0.2, -0.15) is 5.10 Å². The van der Waals surface area contributed by atoms with E-state index < -0.39 is 0 Å². The molecule has 3 N–H and O–H groups in total. The van der Waals surface area contributed by atoms with Crippen LogP contribution < -0.4 is 10.1 Å². The lowest BCUT2D eigenvalue weighted by Gasteiger charge is -2.12. The smallest absolute Gasteiger partial charge is 0.127 e. The van der Waals surface area contributed by atoms with Crippen LogP contribution in [0.5, 0.6) is 5.75 Å². The number of likely N-dealkylation sites (N-methyl/N-ethyl adjacent to an activating group) is 1. The zero-order valence-corrected chi connectivity index (χ0v) is 25.6. The number of hydrogen-bond donors (Lipinski definition) is 3. The fourth-order valence-corrected chi connectivity index (χ4v) is 6.20. The van der Waals surface area contributed by atoms with Gasteiger partial charge in [-0.1, -0.05) is 12.8 Å². The first-order valence-electron chi connectivity index (χ1n) is 15.5. The van der Waals surface area contributed by atoms with Gasteiger partial charge >= 0.3 is 0 Å². The van der Waals surface area contributed by atoms with E-state index in [1.165, 1.54) is 37.8 Å². The van der Waals surface area contributed by atoms with Crippen LogP contribution in [0.4, 0.5) is 4.39 Å². The molecule has 1 fully saturated rings. The Balaban J connectivity index is 1.17. The van der Waals surface area contributed by atoms with E-state index >= 15 is 0 Å². The first-order chi connectivity index (χ1) is 22.0. The molecule has 0 radical (unpaired) electrons. The summed E-state index contributed by atoms with van der Waals surface area (Å²) in [5.74, 6) is 0.919. The van der Waals surface area contributed by atoms with Gasteiger partial charge in [0.2, 0.25) is 0 Å². The molecule has 5 heterocycles. The van der Waals surface area contributed by atoms with Gasteiger partial charge in [-0.25, -0.2) is 4.39 Å². The normalized spacial score (nSPS) is 13.9. The van der Waals surface area contributed by atoms with Crippen LogP contribution >= 0.6 is 0 Å². The Hall–Kier alpha value is -4.67. The molecule has 1 aliphatic rings. The maximum atomic E-state index is 14.7. The number of pyridine rings is 3. The van der Waals surface area contributed by atoms with E-state index in [1.54, 1.807) is 12.4 Å². The van der Waals surface area contributed by atoms with E-state index in [0.29, 0.717) is 17.9 Å². The summed E-state index contributed by atoms with van der Waals surface area (Å²) in [5, 5.41) is 13.2. The molecule has 45 heavy (non-hydrogen) atoms. The van der Waals surface area contributed by atoms with Crippen LogP contribution in [-0.2, 0) is 6.54 Å². The Morgan fingerprint density at radius 1 is 0.911 bits per heavy atom. The van der Waals surface area contributed by atoms with Crippen molar-refractivity contribution in [3.8, 4) is 39.5 Å². The molecular weight excluding hydrogens is 567 g/mol. The third kappa shape index (κ3) is 6.43. The zero-order valence-electron chi connectivity index (χ0n) is 25.6. The van der Waals surface area contributed by atoms with Crippen molar-refractivity contribution in [2.24, 2.45) is 5.92 Å². The van der Waals surface area contributed by atoms with Crippen LogP contribution in [-0.4, -0.2) is 68.8 Å². The van der Waals surface area contributed by atoms with E-state index in [0.717, 1.165) is 81.1 Å². The number of aromatic nitrogens is 6. The molecule has 5 aromatic heterocycles. The summed E-state index contributed by atoms with van der Waals surface area (Å²) < 4.78 is 20.5. The number of nitrogens with zero attached hydrogens (tertiary/aromatic N) is 5. The fraction of sp³-hybridized carbons (Fsp3) is 0.314. The van der Waals surface area contributed by atoms with Crippen molar-refractivity contribution in [1.29, 1.82) is 0 Å². The number of hydrogen-bond acceptors (Lipinski definition) is 7. The number of H-pyrrole nitrogens is 2. The maximum absolute atomic E-state index is 14.7. The van der Waals surface area contributed by atoms with Crippen LogP contribution in [0.1, 0.15) is 31.2 Å². The molecule has 0 aliphatic heterocycles. The minimum atomic E-state index is -0.360.